The van der Waals surface area contributed by atoms with E-state index in [-0.39, 0.29) is 0 Å². The Kier molecular flexibility index (Phi) is 7.46. The molecule has 0 saturated carbocycles. The molecule has 0 saturated heterocycles. The Morgan fingerprint density at radius 1 is 0.912 bits per heavy atom. The topological polar surface area (TPSA) is 54.0 Å². The van der Waals surface area contributed by atoms with Gasteiger partial charge >= 0.3 is 5.97 Å². The fraction of sp³-hybridized carbons (Fsp3) is 0.148. The maximum atomic E-state index is 12.4. The summed E-state index contributed by atoms with van der Waals surface area (Å²) in [6.07, 6.45) is 3.48. The van der Waals surface area contributed by atoms with Crippen molar-refractivity contribution < 1.29 is 23.7 Å². The van der Waals surface area contributed by atoms with Gasteiger partial charge in [0.25, 0.3) is 0 Å². The van der Waals surface area contributed by atoms with Gasteiger partial charge < -0.3 is 18.9 Å². The van der Waals surface area contributed by atoms with Crippen molar-refractivity contribution in [1.82, 2.24) is 0 Å². The third-order valence-corrected chi connectivity index (χ3v) is 5.81. The Bertz CT molecular complexity index is 1260. The minimum atomic E-state index is -0.413. The average molecular weight is 497 g/mol. The second kappa shape index (κ2) is 10.7. The lowest BCUT2D eigenvalue weighted by Crippen LogP contribution is -2.00. The number of benzene rings is 3. The Morgan fingerprint density at radius 2 is 1.71 bits per heavy atom. The van der Waals surface area contributed by atoms with Crippen molar-refractivity contribution in [2.24, 2.45) is 0 Å². The van der Waals surface area contributed by atoms with Gasteiger partial charge in [0.2, 0.25) is 0 Å². The van der Waals surface area contributed by atoms with Crippen molar-refractivity contribution >= 4 is 41.0 Å². The SMILES string of the molecule is CCOc1cc(/C=C2\C=C(c3ccc(OC)cc3)OC2=O)ccc1OCc1ccc(Cl)c(Cl)c1. The Labute approximate surface area is 208 Å². The quantitative estimate of drug-likeness (QED) is 0.249. The largest absolute Gasteiger partial charge is 0.497 e. The van der Waals surface area contributed by atoms with Gasteiger partial charge in [0.1, 0.15) is 18.1 Å². The molecule has 3 aromatic carbocycles. The first kappa shape index (κ1) is 23.7. The molecular formula is C27H22Cl2O5. The maximum absolute atomic E-state index is 12.4. The fourth-order valence-corrected chi connectivity index (χ4v) is 3.68. The van der Waals surface area contributed by atoms with E-state index in [4.69, 9.17) is 42.1 Å². The molecule has 0 aliphatic carbocycles. The summed E-state index contributed by atoms with van der Waals surface area (Å²) in [6, 6.07) is 18.2. The Hall–Kier alpha value is -3.41. The molecule has 1 aliphatic rings. The predicted octanol–water partition coefficient (Wildman–Crippen LogP) is 6.96. The zero-order valence-corrected chi connectivity index (χ0v) is 20.2. The molecule has 4 rings (SSSR count). The number of carbonyl (C=O) groups excluding carboxylic acids is 1. The molecule has 174 valence electrons. The van der Waals surface area contributed by atoms with Crippen molar-refractivity contribution in [2.75, 3.05) is 13.7 Å². The highest BCUT2D eigenvalue weighted by molar-refractivity contribution is 6.42. The Morgan fingerprint density at radius 3 is 2.41 bits per heavy atom. The minimum Gasteiger partial charge on any atom is -0.497 e. The van der Waals surface area contributed by atoms with E-state index in [1.165, 1.54) is 0 Å². The highest BCUT2D eigenvalue weighted by Gasteiger charge is 2.22. The molecule has 0 amide bonds. The standard InChI is InChI=1S/C27H22Cl2O5/c1-3-32-26-14-17(5-11-24(26)33-16-18-4-10-22(28)23(29)13-18)12-20-15-25(34-27(20)30)19-6-8-21(31-2)9-7-19/h4-15H,3,16H2,1-2H3/b20-12+. The first-order chi connectivity index (χ1) is 16.5. The lowest BCUT2D eigenvalue weighted by molar-refractivity contribution is -0.130. The van der Waals surface area contributed by atoms with E-state index in [1.807, 2.05) is 55.5 Å². The van der Waals surface area contributed by atoms with Crippen LogP contribution in [0, 0.1) is 0 Å². The van der Waals surface area contributed by atoms with E-state index in [9.17, 15) is 4.79 Å². The van der Waals surface area contributed by atoms with Crippen molar-refractivity contribution in [1.29, 1.82) is 0 Å². The molecule has 1 heterocycles. The number of esters is 1. The number of halogens is 2. The second-order valence-electron chi connectivity index (χ2n) is 7.40. The summed E-state index contributed by atoms with van der Waals surface area (Å²) in [4.78, 5) is 12.4. The number of ether oxygens (including phenoxy) is 4. The lowest BCUT2D eigenvalue weighted by atomic mass is 10.1. The van der Waals surface area contributed by atoms with Gasteiger partial charge in [0.15, 0.2) is 11.5 Å². The summed E-state index contributed by atoms with van der Waals surface area (Å²) in [5.74, 6) is 1.96. The van der Waals surface area contributed by atoms with Crippen LogP contribution >= 0.6 is 23.2 Å². The summed E-state index contributed by atoms with van der Waals surface area (Å²) < 4.78 is 22.3. The first-order valence-electron chi connectivity index (χ1n) is 10.6. The maximum Gasteiger partial charge on any atom is 0.343 e. The lowest BCUT2D eigenvalue weighted by Gasteiger charge is -2.13. The number of hydrogen-bond acceptors (Lipinski definition) is 5. The molecule has 0 aromatic heterocycles. The summed E-state index contributed by atoms with van der Waals surface area (Å²) in [7, 11) is 1.60. The van der Waals surface area contributed by atoms with Crippen molar-refractivity contribution in [2.45, 2.75) is 13.5 Å². The molecule has 0 spiro atoms. The summed E-state index contributed by atoms with van der Waals surface area (Å²) >= 11 is 12.1. The van der Waals surface area contributed by atoms with Gasteiger partial charge in [-0.1, -0.05) is 35.3 Å². The highest BCUT2D eigenvalue weighted by Crippen LogP contribution is 2.33. The Balaban J connectivity index is 1.54. The second-order valence-corrected chi connectivity index (χ2v) is 8.22. The molecule has 7 heteroatoms. The van der Waals surface area contributed by atoms with Crippen LogP contribution in [0.3, 0.4) is 0 Å². The van der Waals surface area contributed by atoms with Gasteiger partial charge in [-0.3, -0.25) is 0 Å². The van der Waals surface area contributed by atoms with Crippen molar-refractivity contribution in [3.8, 4) is 17.2 Å². The van der Waals surface area contributed by atoms with E-state index in [0.29, 0.717) is 46.1 Å². The molecule has 34 heavy (non-hydrogen) atoms. The van der Waals surface area contributed by atoms with Crippen LogP contribution in [-0.2, 0) is 16.1 Å². The van der Waals surface area contributed by atoms with Crippen molar-refractivity contribution in [3.63, 3.8) is 0 Å². The van der Waals surface area contributed by atoms with E-state index in [2.05, 4.69) is 0 Å². The molecular weight excluding hydrogens is 475 g/mol. The van der Waals surface area contributed by atoms with Crippen molar-refractivity contribution in [3.05, 3.63) is 99.0 Å². The first-order valence-corrected chi connectivity index (χ1v) is 11.4. The number of methoxy groups -OCH3 is 1. The van der Waals surface area contributed by atoms with Crippen LogP contribution in [0.1, 0.15) is 23.6 Å². The number of cyclic esters (lactones) is 1. The molecule has 5 nitrogen and oxygen atoms in total. The van der Waals surface area contributed by atoms with Gasteiger partial charge in [-0.2, -0.15) is 0 Å². The third-order valence-electron chi connectivity index (χ3n) is 5.07. The van der Waals surface area contributed by atoms with Gasteiger partial charge in [0, 0.05) is 5.56 Å². The molecule has 0 bridgehead atoms. The van der Waals surface area contributed by atoms with E-state index >= 15 is 0 Å². The molecule has 0 radical (unpaired) electrons. The van der Waals surface area contributed by atoms with Gasteiger partial charge in [-0.05, 0) is 78.7 Å². The van der Waals surface area contributed by atoms with Crippen LogP contribution < -0.4 is 14.2 Å². The van der Waals surface area contributed by atoms with Crippen LogP contribution in [0.2, 0.25) is 10.0 Å². The van der Waals surface area contributed by atoms with Gasteiger partial charge in [-0.15, -0.1) is 0 Å². The van der Waals surface area contributed by atoms with Crippen LogP contribution in [-0.4, -0.2) is 19.7 Å². The van der Waals surface area contributed by atoms with Gasteiger partial charge in [-0.25, -0.2) is 4.79 Å². The molecule has 0 fully saturated rings. The fourth-order valence-electron chi connectivity index (χ4n) is 3.36. The van der Waals surface area contributed by atoms with Gasteiger partial charge in [0.05, 0.1) is 29.3 Å². The molecule has 0 N–H and O–H groups in total. The zero-order chi connectivity index (χ0) is 24.1. The zero-order valence-electron chi connectivity index (χ0n) is 18.6. The monoisotopic (exact) mass is 496 g/mol. The summed E-state index contributed by atoms with van der Waals surface area (Å²) in [5, 5.41) is 0.965. The molecule has 1 aliphatic heterocycles. The van der Waals surface area contributed by atoms with E-state index in [1.54, 1.807) is 31.4 Å². The average Bonchev–Trinajstić information content (AvgIpc) is 3.21. The van der Waals surface area contributed by atoms with E-state index in [0.717, 1.165) is 22.4 Å². The molecule has 3 aromatic rings. The van der Waals surface area contributed by atoms with Crippen LogP contribution in [0.4, 0.5) is 0 Å². The van der Waals surface area contributed by atoms with E-state index < -0.39 is 5.97 Å². The van der Waals surface area contributed by atoms with Crippen LogP contribution in [0.25, 0.3) is 11.8 Å². The summed E-state index contributed by atoms with van der Waals surface area (Å²) in [5.41, 5.74) is 2.90. The minimum absolute atomic E-state index is 0.303. The third kappa shape index (κ3) is 5.56. The van der Waals surface area contributed by atoms with Crippen LogP contribution in [0.15, 0.2) is 72.3 Å². The molecule has 0 unspecified atom stereocenters. The summed E-state index contributed by atoms with van der Waals surface area (Å²) in [6.45, 7) is 2.66. The number of rotatable bonds is 8. The molecule has 0 atom stereocenters. The smallest absolute Gasteiger partial charge is 0.343 e. The normalized spacial score (nSPS) is 14.1. The van der Waals surface area contributed by atoms with Crippen LogP contribution in [0.5, 0.6) is 17.2 Å². The predicted molar refractivity (Wildman–Crippen MR) is 133 cm³/mol. The number of hydrogen-bond donors (Lipinski definition) is 0. The number of carbonyl (C=O) groups is 1. The highest BCUT2D eigenvalue weighted by atomic mass is 35.5.